The van der Waals surface area contributed by atoms with Gasteiger partial charge in [0.15, 0.2) is 0 Å². The van der Waals surface area contributed by atoms with E-state index < -0.39 is 5.60 Å². The van der Waals surface area contributed by atoms with E-state index in [1.54, 1.807) is 7.11 Å². The van der Waals surface area contributed by atoms with Crippen LogP contribution in [0.4, 0.5) is 0 Å². The summed E-state index contributed by atoms with van der Waals surface area (Å²) >= 11 is 0. The second-order valence-corrected chi connectivity index (χ2v) is 5.53. The van der Waals surface area contributed by atoms with E-state index in [2.05, 4.69) is 13.8 Å². The van der Waals surface area contributed by atoms with E-state index in [1.165, 1.54) is 0 Å². The Hall–Kier alpha value is -0.610. The average molecular weight is 245 g/mol. The number of ether oxygens (including phenoxy) is 2. The maximum atomic E-state index is 11.7. The minimum Gasteiger partial charge on any atom is -0.460 e. The summed E-state index contributed by atoms with van der Waals surface area (Å²) < 4.78 is 10.6. The van der Waals surface area contributed by atoms with Crippen LogP contribution in [0.5, 0.6) is 0 Å². The smallest absolute Gasteiger partial charge is 0.309 e. The van der Waals surface area contributed by atoms with E-state index >= 15 is 0 Å². The van der Waals surface area contributed by atoms with Gasteiger partial charge in [0, 0.05) is 13.2 Å². The minimum absolute atomic E-state index is 0.141. The summed E-state index contributed by atoms with van der Waals surface area (Å²) in [4.78, 5) is 11.7. The first-order valence-corrected chi connectivity index (χ1v) is 6.21. The maximum absolute atomic E-state index is 11.7. The Labute approximate surface area is 105 Å². The highest BCUT2D eigenvalue weighted by Gasteiger charge is 2.27. The summed E-state index contributed by atoms with van der Waals surface area (Å²) in [7, 11) is 1.58. The molecule has 0 saturated carbocycles. The molecule has 102 valence electrons. The Balaban J connectivity index is 4.35. The van der Waals surface area contributed by atoms with Gasteiger partial charge < -0.3 is 15.2 Å². The fourth-order valence-electron chi connectivity index (χ4n) is 1.56. The van der Waals surface area contributed by atoms with Crippen LogP contribution in [0.25, 0.3) is 0 Å². The molecule has 0 bridgehead atoms. The molecular formula is C13H27NO3. The number of esters is 1. The summed E-state index contributed by atoms with van der Waals surface area (Å²) in [6.45, 7) is 9.68. The van der Waals surface area contributed by atoms with Crippen LogP contribution in [0, 0.1) is 5.92 Å². The van der Waals surface area contributed by atoms with Crippen molar-refractivity contribution in [2.45, 2.75) is 65.2 Å². The fourth-order valence-corrected chi connectivity index (χ4v) is 1.56. The van der Waals surface area contributed by atoms with Gasteiger partial charge >= 0.3 is 5.97 Å². The number of carbonyl (C=O) groups excluding carboxylic acids is 1. The lowest BCUT2D eigenvalue weighted by Crippen LogP contribution is -2.43. The lowest BCUT2D eigenvalue weighted by atomic mass is 9.93. The zero-order chi connectivity index (χ0) is 13.6. The summed E-state index contributed by atoms with van der Waals surface area (Å²) in [5.41, 5.74) is 5.60. The summed E-state index contributed by atoms with van der Waals surface area (Å²) in [6.07, 6.45) is 0.897. The fraction of sp³-hybridized carbons (Fsp3) is 0.923. The predicted octanol–water partition coefficient (Wildman–Crippen LogP) is 2.11. The van der Waals surface area contributed by atoms with Crippen molar-refractivity contribution in [3.63, 3.8) is 0 Å². The molecule has 17 heavy (non-hydrogen) atoms. The standard InChI is InChI=1S/C13H27NO3/c1-7-9(2)12(14)10(16-6)8-11(15)17-13(3,4)5/h9-10,12H,7-8,14H2,1-6H3/t9-,10+,12-/m0/s1. The zero-order valence-electron chi connectivity index (χ0n) is 11.9. The van der Waals surface area contributed by atoms with Crippen molar-refractivity contribution >= 4 is 5.97 Å². The molecule has 0 aromatic carbocycles. The Kier molecular flexibility index (Phi) is 6.72. The van der Waals surface area contributed by atoms with Crippen molar-refractivity contribution < 1.29 is 14.3 Å². The van der Waals surface area contributed by atoms with Gasteiger partial charge in [0.2, 0.25) is 0 Å². The number of nitrogens with two attached hydrogens (primary N) is 1. The number of hydrogen-bond donors (Lipinski definition) is 1. The number of carbonyl (C=O) groups is 1. The Morgan fingerprint density at radius 1 is 1.35 bits per heavy atom. The van der Waals surface area contributed by atoms with Crippen molar-refractivity contribution in [2.24, 2.45) is 11.7 Å². The van der Waals surface area contributed by atoms with Crippen molar-refractivity contribution in [3.8, 4) is 0 Å². The van der Waals surface area contributed by atoms with Crippen LogP contribution >= 0.6 is 0 Å². The molecule has 0 rings (SSSR count). The third-order valence-electron chi connectivity index (χ3n) is 2.82. The van der Waals surface area contributed by atoms with Crippen molar-refractivity contribution in [3.05, 3.63) is 0 Å². The third kappa shape index (κ3) is 6.64. The second kappa shape index (κ2) is 6.97. The van der Waals surface area contributed by atoms with Gasteiger partial charge in [-0.05, 0) is 26.7 Å². The highest BCUT2D eigenvalue weighted by Crippen LogP contribution is 2.16. The molecule has 3 atom stereocenters. The first-order valence-electron chi connectivity index (χ1n) is 6.21. The highest BCUT2D eigenvalue weighted by atomic mass is 16.6. The van der Waals surface area contributed by atoms with E-state index in [1.807, 2.05) is 20.8 Å². The van der Waals surface area contributed by atoms with Gasteiger partial charge in [-0.1, -0.05) is 20.3 Å². The first-order chi connectivity index (χ1) is 7.71. The van der Waals surface area contributed by atoms with E-state index in [0.29, 0.717) is 5.92 Å². The Bertz CT molecular complexity index is 235. The van der Waals surface area contributed by atoms with Gasteiger partial charge in [0.05, 0.1) is 12.5 Å². The van der Waals surface area contributed by atoms with Gasteiger partial charge in [0.25, 0.3) is 0 Å². The van der Waals surface area contributed by atoms with Crippen molar-refractivity contribution in [2.75, 3.05) is 7.11 Å². The quantitative estimate of drug-likeness (QED) is 0.728. The molecular weight excluding hydrogens is 218 g/mol. The molecule has 0 spiro atoms. The minimum atomic E-state index is -0.462. The molecule has 0 fully saturated rings. The SMILES string of the molecule is CC[C@H](C)[C@H](N)[C@@H](CC(=O)OC(C)(C)C)OC. The Morgan fingerprint density at radius 3 is 2.24 bits per heavy atom. The Morgan fingerprint density at radius 2 is 1.88 bits per heavy atom. The van der Waals surface area contributed by atoms with Crippen LogP contribution in [0.15, 0.2) is 0 Å². The summed E-state index contributed by atoms with van der Waals surface area (Å²) in [5.74, 6) is 0.0606. The molecule has 0 saturated heterocycles. The van der Waals surface area contributed by atoms with Crippen LogP contribution in [0.1, 0.15) is 47.5 Å². The van der Waals surface area contributed by atoms with Crippen LogP contribution in [-0.4, -0.2) is 30.8 Å². The molecule has 4 nitrogen and oxygen atoms in total. The molecule has 0 heterocycles. The molecule has 0 radical (unpaired) electrons. The monoisotopic (exact) mass is 245 g/mol. The molecule has 2 N–H and O–H groups in total. The lowest BCUT2D eigenvalue weighted by Gasteiger charge is -2.28. The number of rotatable bonds is 6. The molecule has 4 heteroatoms. The second-order valence-electron chi connectivity index (χ2n) is 5.53. The molecule has 0 aliphatic rings. The van der Waals surface area contributed by atoms with E-state index in [9.17, 15) is 4.79 Å². The summed E-state index contributed by atoms with van der Waals surface area (Å²) in [5, 5.41) is 0. The van der Waals surface area contributed by atoms with Gasteiger partial charge in [-0.2, -0.15) is 0 Å². The average Bonchev–Trinajstić information content (AvgIpc) is 2.21. The number of methoxy groups -OCH3 is 1. The molecule has 0 amide bonds. The largest absolute Gasteiger partial charge is 0.460 e. The van der Waals surface area contributed by atoms with E-state index in [-0.39, 0.29) is 24.5 Å². The van der Waals surface area contributed by atoms with E-state index in [4.69, 9.17) is 15.2 Å². The van der Waals surface area contributed by atoms with Crippen molar-refractivity contribution in [1.82, 2.24) is 0 Å². The van der Waals surface area contributed by atoms with Crippen molar-refractivity contribution in [1.29, 1.82) is 0 Å². The van der Waals surface area contributed by atoms with Crippen LogP contribution in [-0.2, 0) is 14.3 Å². The molecule has 0 aromatic rings. The normalized spacial score (nSPS) is 17.4. The third-order valence-corrected chi connectivity index (χ3v) is 2.82. The first kappa shape index (κ1) is 16.4. The van der Waals surface area contributed by atoms with E-state index in [0.717, 1.165) is 6.42 Å². The molecule has 0 unspecified atom stereocenters. The van der Waals surface area contributed by atoms with Crippen LogP contribution in [0.3, 0.4) is 0 Å². The van der Waals surface area contributed by atoms with Gasteiger partial charge in [-0.25, -0.2) is 0 Å². The summed E-state index contributed by atoms with van der Waals surface area (Å²) in [6, 6.07) is -0.141. The zero-order valence-corrected chi connectivity index (χ0v) is 11.9. The highest BCUT2D eigenvalue weighted by molar-refractivity contribution is 5.70. The van der Waals surface area contributed by atoms with Gasteiger partial charge in [-0.3, -0.25) is 4.79 Å². The van der Waals surface area contributed by atoms with Crippen LogP contribution < -0.4 is 5.73 Å². The molecule has 0 aliphatic carbocycles. The van der Waals surface area contributed by atoms with Gasteiger partial charge in [0.1, 0.15) is 5.60 Å². The predicted molar refractivity (Wildman–Crippen MR) is 68.7 cm³/mol. The topological polar surface area (TPSA) is 61.6 Å². The lowest BCUT2D eigenvalue weighted by molar-refractivity contribution is -0.158. The van der Waals surface area contributed by atoms with Gasteiger partial charge in [-0.15, -0.1) is 0 Å². The van der Waals surface area contributed by atoms with Crippen LogP contribution in [0.2, 0.25) is 0 Å². The molecule has 0 aromatic heterocycles. The molecule has 0 aliphatic heterocycles. The maximum Gasteiger partial charge on any atom is 0.309 e. The number of hydrogen-bond acceptors (Lipinski definition) is 4.